The van der Waals surface area contributed by atoms with Crippen molar-refractivity contribution in [1.29, 1.82) is 5.26 Å². The van der Waals surface area contributed by atoms with Gasteiger partial charge in [-0.3, -0.25) is 4.79 Å². The first-order chi connectivity index (χ1) is 13.7. The second-order valence-electron chi connectivity index (χ2n) is 7.24. The molecule has 1 amide bonds. The fraction of sp³-hybridized carbons (Fsp3) is 0.333. The number of carbonyl (C=O) groups is 1. The van der Waals surface area contributed by atoms with Crippen molar-refractivity contribution in [3.8, 4) is 6.07 Å². The van der Waals surface area contributed by atoms with Gasteiger partial charge in [0.05, 0.1) is 27.2 Å². The lowest BCUT2D eigenvalue weighted by atomic mass is 9.97. The molecule has 2 aromatic rings. The number of anilines is 1. The third-order valence-electron chi connectivity index (χ3n) is 5.13. The molecule has 29 heavy (non-hydrogen) atoms. The van der Waals surface area contributed by atoms with Crippen molar-refractivity contribution in [2.75, 3.05) is 18.4 Å². The average molecular weight is 432 g/mol. The van der Waals surface area contributed by atoms with Gasteiger partial charge in [-0.1, -0.05) is 17.7 Å². The fourth-order valence-corrected chi connectivity index (χ4v) is 5.35. The highest BCUT2D eigenvalue weighted by Crippen LogP contribution is 2.30. The molecule has 1 N–H and O–H groups in total. The highest BCUT2D eigenvalue weighted by atomic mass is 35.5. The van der Waals surface area contributed by atoms with Crippen LogP contribution in [0, 0.1) is 31.1 Å². The zero-order chi connectivity index (χ0) is 21.2. The molecule has 6 nitrogen and oxygen atoms in total. The fourth-order valence-electron chi connectivity index (χ4n) is 3.51. The largest absolute Gasteiger partial charge is 0.324 e. The van der Waals surface area contributed by atoms with Gasteiger partial charge in [-0.15, -0.1) is 0 Å². The zero-order valence-corrected chi connectivity index (χ0v) is 17.8. The van der Waals surface area contributed by atoms with Gasteiger partial charge >= 0.3 is 0 Å². The lowest BCUT2D eigenvalue weighted by Gasteiger charge is -2.30. The standard InChI is InChI=1S/C21H22ClN3O3S/c1-14-11-15(2)20(19(22)12-14)24-21(26)17-7-9-25(10-8-17)29(27,28)18-5-3-16(13-23)4-6-18/h3-6,11-12,17H,7-10H2,1-2H3,(H,24,26). The molecular formula is C21H22ClN3O3S. The summed E-state index contributed by atoms with van der Waals surface area (Å²) in [6, 6.07) is 11.6. The molecule has 0 unspecified atom stereocenters. The van der Waals surface area contributed by atoms with Crippen LogP contribution in [0.1, 0.15) is 29.5 Å². The number of benzene rings is 2. The monoisotopic (exact) mass is 431 g/mol. The number of halogens is 1. The number of nitrogens with zero attached hydrogens (tertiary/aromatic N) is 2. The number of nitriles is 1. The molecule has 0 radical (unpaired) electrons. The number of piperidine rings is 1. The van der Waals surface area contributed by atoms with Crippen molar-refractivity contribution in [2.45, 2.75) is 31.6 Å². The van der Waals surface area contributed by atoms with E-state index in [4.69, 9.17) is 16.9 Å². The summed E-state index contributed by atoms with van der Waals surface area (Å²) in [4.78, 5) is 12.8. The highest BCUT2D eigenvalue weighted by Gasteiger charge is 2.32. The van der Waals surface area contributed by atoms with E-state index < -0.39 is 10.0 Å². The predicted molar refractivity (Wildman–Crippen MR) is 112 cm³/mol. The van der Waals surface area contributed by atoms with E-state index in [9.17, 15) is 13.2 Å². The maximum absolute atomic E-state index is 12.8. The second-order valence-corrected chi connectivity index (χ2v) is 9.59. The Morgan fingerprint density at radius 2 is 1.79 bits per heavy atom. The average Bonchev–Trinajstić information content (AvgIpc) is 2.70. The Kier molecular flexibility index (Phi) is 6.27. The Morgan fingerprint density at radius 1 is 1.17 bits per heavy atom. The van der Waals surface area contributed by atoms with Gasteiger partial charge in [-0.2, -0.15) is 9.57 Å². The van der Waals surface area contributed by atoms with Crippen molar-refractivity contribution >= 4 is 33.2 Å². The van der Waals surface area contributed by atoms with Crippen LogP contribution in [0.2, 0.25) is 5.02 Å². The van der Waals surface area contributed by atoms with Crippen molar-refractivity contribution in [2.24, 2.45) is 5.92 Å². The zero-order valence-electron chi connectivity index (χ0n) is 16.3. The number of hydrogen-bond acceptors (Lipinski definition) is 4. The first kappa shape index (κ1) is 21.3. The molecule has 3 rings (SSSR count). The van der Waals surface area contributed by atoms with Crippen molar-refractivity contribution in [3.05, 3.63) is 58.1 Å². The van der Waals surface area contributed by atoms with Crippen LogP contribution in [0.4, 0.5) is 5.69 Å². The molecule has 0 spiro atoms. The molecule has 1 aliphatic rings. The van der Waals surface area contributed by atoms with Crippen LogP contribution < -0.4 is 5.32 Å². The summed E-state index contributed by atoms with van der Waals surface area (Å²) in [6.45, 7) is 4.36. The molecule has 152 valence electrons. The molecule has 8 heteroatoms. The van der Waals surface area contributed by atoms with E-state index in [1.165, 1.54) is 28.6 Å². The molecule has 1 heterocycles. The maximum Gasteiger partial charge on any atom is 0.243 e. The third-order valence-corrected chi connectivity index (χ3v) is 7.34. The van der Waals surface area contributed by atoms with Gasteiger partial charge in [0.1, 0.15) is 0 Å². The van der Waals surface area contributed by atoms with Crippen LogP contribution in [0.25, 0.3) is 0 Å². The third kappa shape index (κ3) is 4.61. The molecule has 1 aliphatic heterocycles. The number of rotatable bonds is 4. The highest BCUT2D eigenvalue weighted by molar-refractivity contribution is 7.89. The van der Waals surface area contributed by atoms with Gasteiger partial charge in [0, 0.05) is 19.0 Å². The Bertz CT molecular complexity index is 1040. The minimum absolute atomic E-state index is 0.144. The number of amides is 1. The molecule has 0 aromatic heterocycles. The van der Waals surface area contributed by atoms with E-state index in [-0.39, 0.29) is 29.8 Å². The Morgan fingerprint density at radius 3 is 2.34 bits per heavy atom. The Balaban J connectivity index is 1.65. The molecule has 0 aliphatic carbocycles. The van der Waals surface area contributed by atoms with Crippen LogP contribution in [0.3, 0.4) is 0 Å². The van der Waals surface area contributed by atoms with E-state index in [2.05, 4.69) is 5.32 Å². The lowest BCUT2D eigenvalue weighted by Crippen LogP contribution is -2.41. The molecule has 2 aromatic carbocycles. The predicted octanol–water partition coefficient (Wildman–Crippen LogP) is 3.87. The van der Waals surface area contributed by atoms with Gasteiger partial charge < -0.3 is 5.32 Å². The summed E-state index contributed by atoms with van der Waals surface area (Å²) in [5.74, 6) is -0.423. The summed E-state index contributed by atoms with van der Waals surface area (Å²) in [5.41, 5.74) is 2.93. The normalized spacial score (nSPS) is 15.7. The van der Waals surface area contributed by atoms with Gasteiger partial charge in [-0.25, -0.2) is 8.42 Å². The molecular weight excluding hydrogens is 410 g/mol. The van der Waals surface area contributed by atoms with E-state index in [0.717, 1.165) is 11.1 Å². The van der Waals surface area contributed by atoms with Crippen LogP contribution >= 0.6 is 11.6 Å². The molecule has 1 saturated heterocycles. The topological polar surface area (TPSA) is 90.3 Å². The van der Waals surface area contributed by atoms with Gasteiger partial charge in [-0.05, 0) is 68.1 Å². The summed E-state index contributed by atoms with van der Waals surface area (Å²) in [5, 5.41) is 12.3. The Labute approximate surface area is 176 Å². The number of hydrogen-bond donors (Lipinski definition) is 1. The number of aryl methyl sites for hydroxylation is 2. The first-order valence-corrected chi connectivity index (χ1v) is 11.1. The smallest absolute Gasteiger partial charge is 0.243 e. The van der Waals surface area contributed by atoms with Gasteiger partial charge in [0.15, 0.2) is 0 Å². The van der Waals surface area contributed by atoms with Crippen LogP contribution in [-0.2, 0) is 14.8 Å². The van der Waals surface area contributed by atoms with Crippen LogP contribution in [0.15, 0.2) is 41.3 Å². The van der Waals surface area contributed by atoms with E-state index in [1.807, 2.05) is 26.0 Å². The quantitative estimate of drug-likeness (QED) is 0.795. The van der Waals surface area contributed by atoms with Crippen molar-refractivity contribution < 1.29 is 13.2 Å². The summed E-state index contributed by atoms with van der Waals surface area (Å²) < 4.78 is 27.0. The number of nitrogens with one attached hydrogen (secondary N) is 1. The molecule has 0 bridgehead atoms. The summed E-state index contributed by atoms with van der Waals surface area (Å²) in [7, 11) is -3.64. The summed E-state index contributed by atoms with van der Waals surface area (Å²) >= 11 is 6.27. The van der Waals surface area contributed by atoms with Crippen LogP contribution in [-0.4, -0.2) is 31.7 Å². The molecule has 0 saturated carbocycles. The minimum Gasteiger partial charge on any atom is -0.324 e. The summed E-state index contributed by atoms with van der Waals surface area (Å²) in [6.07, 6.45) is 0.869. The van der Waals surface area contributed by atoms with E-state index >= 15 is 0 Å². The van der Waals surface area contributed by atoms with Gasteiger partial charge in [0.25, 0.3) is 0 Å². The van der Waals surface area contributed by atoms with Crippen molar-refractivity contribution in [1.82, 2.24) is 4.31 Å². The first-order valence-electron chi connectivity index (χ1n) is 9.30. The molecule has 0 atom stereocenters. The van der Waals surface area contributed by atoms with Gasteiger partial charge in [0.2, 0.25) is 15.9 Å². The molecule has 1 fully saturated rings. The minimum atomic E-state index is -3.64. The van der Waals surface area contributed by atoms with Crippen LogP contribution in [0.5, 0.6) is 0 Å². The van der Waals surface area contributed by atoms with E-state index in [1.54, 1.807) is 6.07 Å². The number of sulfonamides is 1. The maximum atomic E-state index is 12.8. The van der Waals surface area contributed by atoms with Crippen molar-refractivity contribution in [3.63, 3.8) is 0 Å². The lowest BCUT2D eigenvalue weighted by molar-refractivity contribution is -0.120. The SMILES string of the molecule is Cc1cc(C)c(NC(=O)C2CCN(S(=O)(=O)c3ccc(C#N)cc3)CC2)c(Cl)c1. The van der Waals surface area contributed by atoms with E-state index in [0.29, 0.717) is 29.1 Å². The second kappa shape index (κ2) is 8.54. The Hall–Kier alpha value is -2.40. The number of carbonyl (C=O) groups excluding carboxylic acids is 1.